The summed E-state index contributed by atoms with van der Waals surface area (Å²) in [6, 6.07) is 15.8. The van der Waals surface area contributed by atoms with Crippen molar-refractivity contribution >= 4 is 22.4 Å². The smallest absolute Gasteiger partial charge is 0.226 e. The van der Waals surface area contributed by atoms with Crippen LogP contribution in [-0.2, 0) is 11.2 Å². The quantitative estimate of drug-likeness (QED) is 0.493. The maximum Gasteiger partial charge on any atom is 0.226 e. The van der Waals surface area contributed by atoms with Gasteiger partial charge in [0, 0.05) is 16.9 Å². The van der Waals surface area contributed by atoms with Crippen LogP contribution in [0.15, 0.2) is 48.5 Å². The van der Waals surface area contributed by atoms with E-state index < -0.39 is 6.10 Å². The van der Waals surface area contributed by atoms with Crippen LogP contribution in [0, 0.1) is 13.8 Å². The number of aliphatic hydroxyl groups excluding tert-OH is 1. The van der Waals surface area contributed by atoms with Crippen LogP contribution in [0.2, 0.25) is 0 Å². The summed E-state index contributed by atoms with van der Waals surface area (Å²) in [5.41, 5.74) is 5.31. The molecule has 1 heterocycles. The highest BCUT2D eigenvalue weighted by molar-refractivity contribution is 7.16. The maximum absolute atomic E-state index is 12.4. The lowest BCUT2D eigenvalue weighted by atomic mass is 10.0. The van der Waals surface area contributed by atoms with Gasteiger partial charge in [-0.15, -0.1) is 11.3 Å². The number of nitrogens with zero attached hydrogens (tertiary/aromatic N) is 1. The van der Waals surface area contributed by atoms with Crippen LogP contribution in [-0.4, -0.2) is 16.0 Å². The molecule has 2 N–H and O–H groups in total. The Bertz CT molecular complexity index is 966. The highest BCUT2D eigenvalue weighted by Crippen LogP contribution is 2.34. The van der Waals surface area contributed by atoms with Gasteiger partial charge in [0.15, 0.2) is 5.13 Å². The lowest BCUT2D eigenvalue weighted by molar-refractivity contribution is -0.116. The molecule has 1 aromatic heterocycles. The second kappa shape index (κ2) is 9.81. The van der Waals surface area contributed by atoms with Gasteiger partial charge in [0.2, 0.25) is 5.91 Å². The number of anilines is 1. The number of aromatic nitrogens is 1. The van der Waals surface area contributed by atoms with E-state index in [1.54, 1.807) is 11.3 Å². The molecule has 0 saturated carbocycles. The number of benzene rings is 2. The van der Waals surface area contributed by atoms with Crippen LogP contribution in [0.4, 0.5) is 5.13 Å². The second-order valence-corrected chi connectivity index (χ2v) is 8.46. The zero-order chi connectivity index (χ0) is 20.8. The van der Waals surface area contributed by atoms with E-state index >= 15 is 0 Å². The summed E-state index contributed by atoms with van der Waals surface area (Å²) in [6.45, 7) is 6.32. The second-order valence-electron chi connectivity index (χ2n) is 7.37. The minimum Gasteiger partial charge on any atom is -0.388 e. The molecule has 152 valence electrons. The van der Waals surface area contributed by atoms with Gasteiger partial charge in [-0.05, 0) is 43.9 Å². The van der Waals surface area contributed by atoms with Gasteiger partial charge in [-0.2, -0.15) is 0 Å². The summed E-state index contributed by atoms with van der Waals surface area (Å²) in [4.78, 5) is 18.4. The Morgan fingerprint density at radius 3 is 2.66 bits per heavy atom. The van der Waals surface area contributed by atoms with Gasteiger partial charge in [0.25, 0.3) is 0 Å². The monoisotopic (exact) mass is 408 g/mol. The maximum atomic E-state index is 12.4. The van der Waals surface area contributed by atoms with Gasteiger partial charge < -0.3 is 10.4 Å². The molecule has 0 fully saturated rings. The average Bonchev–Trinajstić information content (AvgIpc) is 3.11. The van der Waals surface area contributed by atoms with Crippen LogP contribution < -0.4 is 5.32 Å². The van der Waals surface area contributed by atoms with E-state index in [0.29, 0.717) is 11.6 Å². The van der Waals surface area contributed by atoms with Crippen molar-refractivity contribution in [2.24, 2.45) is 0 Å². The fourth-order valence-electron chi connectivity index (χ4n) is 3.29. The number of thiazole rings is 1. The molecule has 0 saturated heterocycles. The summed E-state index contributed by atoms with van der Waals surface area (Å²) >= 11 is 1.55. The number of rotatable bonds is 8. The van der Waals surface area contributed by atoms with E-state index in [9.17, 15) is 9.90 Å². The number of hydrogen-bond acceptors (Lipinski definition) is 4. The van der Waals surface area contributed by atoms with Crippen LogP contribution in [0.1, 0.15) is 53.9 Å². The van der Waals surface area contributed by atoms with Crippen LogP contribution in [0.5, 0.6) is 0 Å². The van der Waals surface area contributed by atoms with Gasteiger partial charge in [0.05, 0.1) is 11.8 Å². The number of hydrogen-bond donors (Lipinski definition) is 2. The summed E-state index contributed by atoms with van der Waals surface area (Å²) in [6.07, 6.45) is 1.95. The zero-order valence-corrected chi connectivity index (χ0v) is 18.1. The van der Waals surface area contributed by atoms with Crippen molar-refractivity contribution in [3.8, 4) is 11.3 Å². The minimum absolute atomic E-state index is 0.121. The molecule has 5 heteroatoms. The first-order chi connectivity index (χ1) is 14.0. The van der Waals surface area contributed by atoms with Gasteiger partial charge >= 0.3 is 0 Å². The Morgan fingerprint density at radius 1 is 1.17 bits per heavy atom. The fraction of sp³-hybridized carbons (Fsp3) is 0.333. The Hall–Kier alpha value is -2.50. The van der Waals surface area contributed by atoms with Crippen molar-refractivity contribution in [2.75, 3.05) is 5.32 Å². The fourth-order valence-corrected chi connectivity index (χ4v) is 4.39. The Kier molecular flexibility index (Phi) is 7.18. The first-order valence-electron chi connectivity index (χ1n) is 10.1. The number of amides is 1. The van der Waals surface area contributed by atoms with Crippen molar-refractivity contribution in [3.63, 3.8) is 0 Å². The Balaban J connectivity index is 1.71. The summed E-state index contributed by atoms with van der Waals surface area (Å²) in [5, 5.41) is 13.8. The summed E-state index contributed by atoms with van der Waals surface area (Å²) in [5.74, 6) is -0.121. The largest absolute Gasteiger partial charge is 0.388 e. The van der Waals surface area contributed by atoms with Gasteiger partial charge in [-0.25, -0.2) is 4.98 Å². The summed E-state index contributed by atoms with van der Waals surface area (Å²) in [7, 11) is 0. The third kappa shape index (κ3) is 5.52. The zero-order valence-electron chi connectivity index (χ0n) is 17.2. The molecule has 0 aliphatic carbocycles. The van der Waals surface area contributed by atoms with Crippen molar-refractivity contribution in [1.82, 2.24) is 4.98 Å². The van der Waals surface area contributed by atoms with E-state index in [2.05, 4.69) is 44.3 Å². The number of carbonyl (C=O) groups is 1. The molecule has 29 heavy (non-hydrogen) atoms. The Morgan fingerprint density at radius 2 is 1.93 bits per heavy atom. The van der Waals surface area contributed by atoms with E-state index in [1.807, 2.05) is 30.3 Å². The molecule has 4 nitrogen and oxygen atoms in total. The standard InChI is InChI=1S/C24H28N2O2S/c1-4-8-21-23(19-15-16(2)11-12-17(19)3)26-24(29-21)25-22(28)14-13-20(27)18-9-6-5-7-10-18/h5-7,9-12,15,20,27H,4,8,13-14H2,1-3H3,(H,25,26,28)/t20-/m1/s1. The normalized spacial score (nSPS) is 12.0. The first-order valence-corrected chi connectivity index (χ1v) is 10.9. The molecule has 1 amide bonds. The van der Waals surface area contributed by atoms with Crippen LogP contribution >= 0.6 is 11.3 Å². The highest BCUT2D eigenvalue weighted by Gasteiger charge is 2.17. The van der Waals surface area contributed by atoms with Crippen molar-refractivity contribution in [2.45, 2.75) is 52.6 Å². The van der Waals surface area contributed by atoms with Crippen molar-refractivity contribution < 1.29 is 9.90 Å². The first kappa shape index (κ1) is 21.2. The van der Waals surface area contributed by atoms with Gasteiger partial charge in [0.1, 0.15) is 0 Å². The predicted molar refractivity (Wildman–Crippen MR) is 120 cm³/mol. The van der Waals surface area contributed by atoms with Crippen molar-refractivity contribution in [1.29, 1.82) is 0 Å². The molecule has 0 unspecified atom stereocenters. The number of aliphatic hydroxyl groups is 1. The van der Waals surface area contributed by atoms with Gasteiger partial charge in [-0.3, -0.25) is 4.79 Å². The molecule has 0 radical (unpaired) electrons. The molecule has 3 rings (SSSR count). The molecule has 3 aromatic rings. The van der Waals surface area contributed by atoms with Crippen LogP contribution in [0.3, 0.4) is 0 Å². The van der Waals surface area contributed by atoms with E-state index in [-0.39, 0.29) is 12.3 Å². The number of nitrogens with one attached hydrogen (secondary N) is 1. The van der Waals surface area contributed by atoms with Crippen LogP contribution in [0.25, 0.3) is 11.3 Å². The molecule has 0 bridgehead atoms. The third-order valence-corrected chi connectivity index (χ3v) is 5.93. The highest BCUT2D eigenvalue weighted by atomic mass is 32.1. The summed E-state index contributed by atoms with van der Waals surface area (Å²) < 4.78 is 0. The predicted octanol–water partition coefficient (Wildman–Crippen LogP) is 5.83. The van der Waals surface area contributed by atoms with E-state index in [4.69, 9.17) is 4.98 Å². The van der Waals surface area contributed by atoms with Crippen molar-refractivity contribution in [3.05, 3.63) is 70.1 Å². The topological polar surface area (TPSA) is 62.2 Å². The lowest BCUT2D eigenvalue weighted by Gasteiger charge is -2.10. The molecule has 0 aliphatic rings. The number of aryl methyl sites for hydroxylation is 3. The molecule has 0 aliphatic heterocycles. The molecule has 0 spiro atoms. The SMILES string of the molecule is CCCc1sc(NC(=O)CC[C@@H](O)c2ccccc2)nc1-c1cc(C)ccc1C. The minimum atomic E-state index is -0.639. The molecular formula is C24H28N2O2S. The third-order valence-electron chi connectivity index (χ3n) is 4.90. The molecule has 1 atom stereocenters. The van der Waals surface area contributed by atoms with Gasteiger partial charge in [-0.1, -0.05) is 61.4 Å². The Labute approximate surface area is 176 Å². The van der Waals surface area contributed by atoms with E-state index in [0.717, 1.165) is 29.7 Å². The average molecular weight is 409 g/mol. The lowest BCUT2D eigenvalue weighted by Crippen LogP contribution is -2.12. The van der Waals surface area contributed by atoms with E-state index in [1.165, 1.54) is 16.0 Å². The molecule has 2 aromatic carbocycles. The number of carbonyl (C=O) groups excluding carboxylic acids is 1. The molecular weight excluding hydrogens is 380 g/mol.